The third-order valence-corrected chi connectivity index (χ3v) is 3.41. The van der Waals surface area contributed by atoms with Crippen molar-refractivity contribution in [2.45, 2.75) is 26.2 Å². The zero-order valence-electron chi connectivity index (χ0n) is 12.2. The summed E-state index contributed by atoms with van der Waals surface area (Å²) in [6.45, 7) is 4.72. The molecule has 0 aromatic heterocycles. The lowest BCUT2D eigenvalue weighted by Crippen LogP contribution is -2.35. The van der Waals surface area contributed by atoms with Crippen LogP contribution >= 0.6 is 0 Å². The zero-order chi connectivity index (χ0) is 14.2. The van der Waals surface area contributed by atoms with Gasteiger partial charge in [-0.05, 0) is 50.3 Å². The lowest BCUT2D eigenvalue weighted by molar-refractivity contribution is -0.120. The van der Waals surface area contributed by atoms with Crippen molar-refractivity contribution < 1.29 is 9.53 Å². The molecule has 1 aromatic carbocycles. The van der Waals surface area contributed by atoms with Gasteiger partial charge >= 0.3 is 0 Å². The van der Waals surface area contributed by atoms with Gasteiger partial charge in [0, 0.05) is 6.54 Å². The zero-order valence-corrected chi connectivity index (χ0v) is 12.2. The van der Waals surface area contributed by atoms with Crippen LogP contribution in [0.5, 0.6) is 5.75 Å². The highest BCUT2D eigenvalue weighted by molar-refractivity contribution is 5.77. The summed E-state index contributed by atoms with van der Waals surface area (Å²) in [7, 11) is 0. The van der Waals surface area contributed by atoms with E-state index in [-0.39, 0.29) is 5.91 Å². The molecule has 0 saturated heterocycles. The minimum Gasteiger partial charge on any atom is -0.493 e. The number of nitrogens with one attached hydrogen (secondary N) is 2. The topological polar surface area (TPSA) is 50.4 Å². The highest BCUT2D eigenvalue weighted by atomic mass is 16.5. The molecule has 1 aromatic rings. The quantitative estimate of drug-likeness (QED) is 0.677. The van der Waals surface area contributed by atoms with Crippen LogP contribution < -0.4 is 15.4 Å². The normalized spacial score (nSPS) is 14.1. The number of hydrogen-bond donors (Lipinski definition) is 2. The number of aryl methyl sites for hydroxylation is 1. The standard InChI is InChI=1S/C16H24N2O2/c1-13-5-2-3-6-15(13)20-10-4-9-18-16(19)12-17-11-14-7-8-14/h2-3,5-6,14,17H,4,7-12H2,1H3,(H,18,19). The average Bonchev–Trinajstić information content (AvgIpc) is 3.24. The summed E-state index contributed by atoms with van der Waals surface area (Å²) in [5, 5.41) is 6.07. The maximum absolute atomic E-state index is 11.5. The van der Waals surface area contributed by atoms with Gasteiger partial charge in [0.05, 0.1) is 13.2 Å². The molecular formula is C16H24N2O2. The Bertz CT molecular complexity index is 430. The predicted molar refractivity (Wildman–Crippen MR) is 79.9 cm³/mol. The number of rotatable bonds is 9. The largest absolute Gasteiger partial charge is 0.493 e. The van der Waals surface area contributed by atoms with E-state index in [1.54, 1.807) is 0 Å². The first kappa shape index (κ1) is 14.9. The molecule has 20 heavy (non-hydrogen) atoms. The Hall–Kier alpha value is -1.55. The molecule has 0 atom stereocenters. The fraction of sp³-hybridized carbons (Fsp3) is 0.562. The van der Waals surface area contributed by atoms with E-state index in [0.29, 0.717) is 19.7 Å². The van der Waals surface area contributed by atoms with Gasteiger partial charge in [0.25, 0.3) is 0 Å². The van der Waals surface area contributed by atoms with Gasteiger partial charge in [0.2, 0.25) is 5.91 Å². The van der Waals surface area contributed by atoms with Gasteiger partial charge in [0.1, 0.15) is 5.75 Å². The lowest BCUT2D eigenvalue weighted by atomic mass is 10.2. The van der Waals surface area contributed by atoms with Gasteiger partial charge in [-0.3, -0.25) is 4.79 Å². The molecule has 110 valence electrons. The Kier molecular flexibility index (Phi) is 5.87. The summed E-state index contributed by atoms with van der Waals surface area (Å²) < 4.78 is 5.67. The third-order valence-electron chi connectivity index (χ3n) is 3.41. The minimum absolute atomic E-state index is 0.0709. The molecule has 4 nitrogen and oxygen atoms in total. The van der Waals surface area contributed by atoms with Gasteiger partial charge < -0.3 is 15.4 Å². The third kappa shape index (κ3) is 5.61. The van der Waals surface area contributed by atoms with Crippen molar-refractivity contribution in [1.29, 1.82) is 0 Å². The second kappa shape index (κ2) is 7.90. The van der Waals surface area contributed by atoms with E-state index in [2.05, 4.69) is 10.6 Å². The molecule has 0 bridgehead atoms. The monoisotopic (exact) mass is 276 g/mol. The molecule has 4 heteroatoms. The maximum Gasteiger partial charge on any atom is 0.233 e. The Morgan fingerprint density at radius 2 is 2.15 bits per heavy atom. The van der Waals surface area contributed by atoms with E-state index in [1.807, 2.05) is 31.2 Å². The van der Waals surface area contributed by atoms with Crippen LogP contribution in [-0.4, -0.2) is 32.1 Å². The highest BCUT2D eigenvalue weighted by Gasteiger charge is 2.20. The lowest BCUT2D eigenvalue weighted by Gasteiger charge is -2.09. The van der Waals surface area contributed by atoms with Crippen LogP contribution in [-0.2, 0) is 4.79 Å². The molecule has 1 aliphatic carbocycles. The maximum atomic E-state index is 11.5. The Morgan fingerprint density at radius 1 is 1.35 bits per heavy atom. The Balaban J connectivity index is 1.48. The van der Waals surface area contributed by atoms with Crippen molar-refractivity contribution in [3.8, 4) is 5.75 Å². The van der Waals surface area contributed by atoms with Crippen molar-refractivity contribution in [2.75, 3.05) is 26.2 Å². The van der Waals surface area contributed by atoms with Gasteiger partial charge in [-0.25, -0.2) is 0 Å². The summed E-state index contributed by atoms with van der Waals surface area (Å²) in [4.78, 5) is 11.5. The van der Waals surface area contributed by atoms with Crippen LogP contribution in [0.2, 0.25) is 0 Å². The summed E-state index contributed by atoms with van der Waals surface area (Å²) in [6, 6.07) is 7.96. The second-order valence-electron chi connectivity index (χ2n) is 5.39. The summed E-state index contributed by atoms with van der Waals surface area (Å²) in [5.74, 6) is 1.80. The predicted octanol–water partition coefficient (Wildman–Crippen LogP) is 1.88. The van der Waals surface area contributed by atoms with E-state index >= 15 is 0 Å². The van der Waals surface area contributed by atoms with Gasteiger partial charge in [-0.15, -0.1) is 0 Å². The smallest absolute Gasteiger partial charge is 0.233 e. The first-order valence-corrected chi connectivity index (χ1v) is 7.41. The van der Waals surface area contributed by atoms with E-state index in [9.17, 15) is 4.79 Å². The molecule has 0 heterocycles. The summed E-state index contributed by atoms with van der Waals surface area (Å²) in [6.07, 6.45) is 3.44. The van der Waals surface area contributed by atoms with Crippen molar-refractivity contribution in [1.82, 2.24) is 10.6 Å². The van der Waals surface area contributed by atoms with Crippen molar-refractivity contribution in [2.24, 2.45) is 5.92 Å². The van der Waals surface area contributed by atoms with Crippen LogP contribution in [0, 0.1) is 12.8 Å². The van der Waals surface area contributed by atoms with Crippen LogP contribution in [0.4, 0.5) is 0 Å². The van der Waals surface area contributed by atoms with Crippen LogP contribution in [0.1, 0.15) is 24.8 Å². The number of carbonyl (C=O) groups excluding carboxylic acids is 1. The Labute approximate surface area is 120 Å². The fourth-order valence-electron chi connectivity index (χ4n) is 1.97. The van der Waals surface area contributed by atoms with E-state index in [4.69, 9.17) is 4.74 Å². The van der Waals surface area contributed by atoms with Gasteiger partial charge in [-0.1, -0.05) is 18.2 Å². The fourth-order valence-corrected chi connectivity index (χ4v) is 1.97. The summed E-state index contributed by atoms with van der Waals surface area (Å²) >= 11 is 0. The van der Waals surface area contributed by atoms with E-state index < -0.39 is 0 Å². The number of hydrogen-bond acceptors (Lipinski definition) is 3. The first-order chi connectivity index (χ1) is 9.75. The molecule has 0 spiro atoms. The van der Waals surface area contributed by atoms with Crippen molar-refractivity contribution in [3.63, 3.8) is 0 Å². The van der Waals surface area contributed by atoms with Crippen LogP contribution in [0.25, 0.3) is 0 Å². The first-order valence-electron chi connectivity index (χ1n) is 7.41. The number of carbonyl (C=O) groups is 1. The number of benzene rings is 1. The molecule has 1 saturated carbocycles. The van der Waals surface area contributed by atoms with Crippen LogP contribution in [0.15, 0.2) is 24.3 Å². The number of amides is 1. The molecule has 1 amide bonds. The highest BCUT2D eigenvalue weighted by Crippen LogP contribution is 2.27. The Morgan fingerprint density at radius 3 is 2.90 bits per heavy atom. The van der Waals surface area contributed by atoms with Crippen molar-refractivity contribution in [3.05, 3.63) is 29.8 Å². The molecule has 0 unspecified atom stereocenters. The minimum atomic E-state index is 0.0709. The molecule has 2 rings (SSSR count). The average molecular weight is 276 g/mol. The van der Waals surface area contributed by atoms with Gasteiger partial charge in [-0.2, -0.15) is 0 Å². The van der Waals surface area contributed by atoms with E-state index in [1.165, 1.54) is 12.8 Å². The second-order valence-corrected chi connectivity index (χ2v) is 5.39. The SMILES string of the molecule is Cc1ccccc1OCCCNC(=O)CNCC1CC1. The van der Waals surface area contributed by atoms with Gasteiger partial charge in [0.15, 0.2) is 0 Å². The van der Waals surface area contributed by atoms with E-state index in [0.717, 1.165) is 30.2 Å². The molecule has 1 fully saturated rings. The molecule has 2 N–H and O–H groups in total. The molecule has 1 aliphatic rings. The summed E-state index contributed by atoms with van der Waals surface area (Å²) in [5.41, 5.74) is 1.14. The molecule has 0 aliphatic heterocycles. The number of ether oxygens (including phenoxy) is 1. The van der Waals surface area contributed by atoms with Crippen molar-refractivity contribution >= 4 is 5.91 Å². The van der Waals surface area contributed by atoms with Crippen LogP contribution in [0.3, 0.4) is 0 Å². The molecule has 0 radical (unpaired) electrons. The molecular weight excluding hydrogens is 252 g/mol. The number of para-hydroxylation sites is 1.